The first-order chi connectivity index (χ1) is 11.3. The summed E-state index contributed by atoms with van der Waals surface area (Å²) >= 11 is 12.1. The fourth-order valence-electron chi connectivity index (χ4n) is 2.93. The Balaban J connectivity index is 2.07. The van der Waals surface area contributed by atoms with E-state index in [9.17, 15) is 10.1 Å². The summed E-state index contributed by atoms with van der Waals surface area (Å²) in [4.78, 5) is 14.6. The van der Waals surface area contributed by atoms with Gasteiger partial charge in [-0.1, -0.05) is 43.1 Å². The van der Waals surface area contributed by atoms with Gasteiger partial charge in [-0.2, -0.15) is 5.26 Å². The molecule has 2 unspecified atom stereocenters. The van der Waals surface area contributed by atoms with Crippen LogP contribution in [0.25, 0.3) is 0 Å². The van der Waals surface area contributed by atoms with E-state index in [1.807, 2.05) is 26.0 Å². The maximum atomic E-state index is 12.4. The van der Waals surface area contributed by atoms with Crippen molar-refractivity contribution in [2.45, 2.75) is 45.2 Å². The Morgan fingerprint density at radius 2 is 2.17 bits per heavy atom. The number of halogens is 2. The van der Waals surface area contributed by atoms with Crippen molar-refractivity contribution in [2.24, 2.45) is 5.92 Å². The lowest BCUT2D eigenvalue weighted by molar-refractivity contribution is -0.124. The van der Waals surface area contributed by atoms with Crippen LogP contribution in [0.4, 0.5) is 0 Å². The fourth-order valence-corrected chi connectivity index (χ4v) is 3.23. The van der Waals surface area contributed by atoms with Crippen molar-refractivity contribution >= 4 is 29.1 Å². The quantitative estimate of drug-likeness (QED) is 0.848. The van der Waals surface area contributed by atoms with Crippen LogP contribution in [0, 0.1) is 17.2 Å². The van der Waals surface area contributed by atoms with Crippen molar-refractivity contribution in [1.29, 1.82) is 5.26 Å². The molecule has 0 bridgehead atoms. The van der Waals surface area contributed by atoms with Crippen molar-refractivity contribution in [3.8, 4) is 6.07 Å². The van der Waals surface area contributed by atoms with E-state index >= 15 is 0 Å². The van der Waals surface area contributed by atoms with Gasteiger partial charge in [0.15, 0.2) is 0 Å². The van der Waals surface area contributed by atoms with Crippen LogP contribution < -0.4 is 5.32 Å². The average Bonchev–Trinajstić information content (AvgIpc) is 2.97. The molecular weight excluding hydrogens is 345 g/mol. The van der Waals surface area contributed by atoms with Crippen molar-refractivity contribution < 1.29 is 4.79 Å². The van der Waals surface area contributed by atoms with Crippen LogP contribution in [0.1, 0.15) is 45.2 Å². The Morgan fingerprint density at radius 1 is 1.46 bits per heavy atom. The van der Waals surface area contributed by atoms with Gasteiger partial charge in [-0.15, -0.1) is 0 Å². The molecule has 130 valence electrons. The van der Waals surface area contributed by atoms with Gasteiger partial charge in [0, 0.05) is 6.04 Å². The molecule has 6 heteroatoms. The molecule has 1 N–H and O–H groups in total. The van der Waals surface area contributed by atoms with Crippen LogP contribution in [-0.4, -0.2) is 29.4 Å². The van der Waals surface area contributed by atoms with Gasteiger partial charge in [0.1, 0.15) is 5.54 Å². The van der Waals surface area contributed by atoms with Gasteiger partial charge in [0.25, 0.3) is 0 Å². The van der Waals surface area contributed by atoms with Gasteiger partial charge < -0.3 is 5.32 Å². The smallest absolute Gasteiger partial charge is 0.235 e. The van der Waals surface area contributed by atoms with Crippen LogP contribution in [0.15, 0.2) is 18.2 Å². The normalized spacial score (nSPS) is 20.6. The van der Waals surface area contributed by atoms with Crippen LogP contribution in [-0.2, 0) is 4.79 Å². The highest BCUT2D eigenvalue weighted by Crippen LogP contribution is 2.34. The summed E-state index contributed by atoms with van der Waals surface area (Å²) in [5.41, 5.74) is 0.220. The molecule has 1 saturated heterocycles. The van der Waals surface area contributed by atoms with E-state index in [2.05, 4.69) is 16.3 Å². The van der Waals surface area contributed by atoms with E-state index in [-0.39, 0.29) is 24.4 Å². The second-order valence-corrected chi connectivity index (χ2v) is 7.63. The van der Waals surface area contributed by atoms with E-state index in [0.717, 1.165) is 24.9 Å². The van der Waals surface area contributed by atoms with Gasteiger partial charge in [-0.3, -0.25) is 9.69 Å². The molecule has 24 heavy (non-hydrogen) atoms. The molecule has 1 heterocycles. The minimum absolute atomic E-state index is 0.0379. The lowest BCUT2D eigenvalue weighted by Gasteiger charge is -2.30. The first-order valence-electron chi connectivity index (χ1n) is 8.18. The number of carbonyl (C=O) groups excluding carboxylic acids is 1. The zero-order valence-corrected chi connectivity index (χ0v) is 15.8. The molecule has 1 aromatic carbocycles. The van der Waals surface area contributed by atoms with E-state index < -0.39 is 5.54 Å². The van der Waals surface area contributed by atoms with Crippen LogP contribution in [0.5, 0.6) is 0 Å². The molecule has 1 aliphatic rings. The molecule has 2 rings (SSSR count). The minimum Gasteiger partial charge on any atom is -0.337 e. The van der Waals surface area contributed by atoms with Crippen LogP contribution >= 0.6 is 23.2 Å². The monoisotopic (exact) mass is 367 g/mol. The minimum atomic E-state index is -0.851. The topological polar surface area (TPSA) is 56.1 Å². The van der Waals surface area contributed by atoms with E-state index in [1.165, 1.54) is 0 Å². The molecule has 0 spiro atoms. The van der Waals surface area contributed by atoms with Crippen molar-refractivity contribution in [3.63, 3.8) is 0 Å². The lowest BCUT2D eigenvalue weighted by atomic mass is 9.90. The van der Waals surface area contributed by atoms with Gasteiger partial charge in [0.2, 0.25) is 5.91 Å². The van der Waals surface area contributed by atoms with Crippen LogP contribution in [0.3, 0.4) is 0 Å². The number of hydrogen-bond acceptors (Lipinski definition) is 3. The zero-order valence-electron chi connectivity index (χ0n) is 14.3. The van der Waals surface area contributed by atoms with Gasteiger partial charge in [0.05, 0.1) is 22.7 Å². The summed E-state index contributed by atoms with van der Waals surface area (Å²) in [5.74, 6) is -0.0874. The van der Waals surface area contributed by atoms with E-state index in [4.69, 9.17) is 23.2 Å². The van der Waals surface area contributed by atoms with Crippen molar-refractivity contribution in [2.75, 3.05) is 13.1 Å². The highest BCUT2D eigenvalue weighted by atomic mass is 35.5. The number of amides is 1. The van der Waals surface area contributed by atoms with E-state index in [0.29, 0.717) is 10.0 Å². The number of nitrogens with one attached hydrogen (secondary N) is 1. The second kappa shape index (κ2) is 7.74. The third kappa shape index (κ3) is 4.22. The summed E-state index contributed by atoms with van der Waals surface area (Å²) in [6.07, 6.45) is 2.00. The number of carbonyl (C=O) groups is 1. The lowest BCUT2D eigenvalue weighted by Crippen LogP contribution is -2.51. The summed E-state index contributed by atoms with van der Waals surface area (Å²) in [7, 11) is 0. The number of nitrogens with zero attached hydrogens (tertiary/aromatic N) is 2. The largest absolute Gasteiger partial charge is 0.337 e. The first kappa shape index (κ1) is 19.1. The predicted octanol–water partition coefficient (Wildman–Crippen LogP) is 4.18. The molecule has 2 atom stereocenters. The maximum Gasteiger partial charge on any atom is 0.235 e. The van der Waals surface area contributed by atoms with Crippen LogP contribution in [0.2, 0.25) is 10.0 Å². The third-order valence-corrected chi connectivity index (χ3v) is 5.56. The molecule has 0 aromatic heterocycles. The molecular formula is C18H23Cl2N3O. The SMILES string of the molecule is CC(C)C(C)(C#N)NC(=O)CN1CCCC1c1ccc(Cl)c(Cl)c1. The third-order valence-electron chi connectivity index (χ3n) is 4.82. The molecule has 1 aliphatic heterocycles. The standard InChI is InChI=1S/C18H23Cl2N3O/c1-12(2)18(3,11-21)22-17(24)10-23-8-4-5-16(23)13-6-7-14(19)15(20)9-13/h6-7,9,12,16H,4-5,8,10H2,1-3H3,(H,22,24). The number of likely N-dealkylation sites (tertiary alicyclic amines) is 1. The Morgan fingerprint density at radius 3 is 2.75 bits per heavy atom. The zero-order chi connectivity index (χ0) is 17.9. The number of hydrogen-bond donors (Lipinski definition) is 1. The molecule has 1 aromatic rings. The fraction of sp³-hybridized carbons (Fsp3) is 0.556. The van der Waals surface area contributed by atoms with Gasteiger partial charge >= 0.3 is 0 Å². The molecule has 0 saturated carbocycles. The molecule has 0 radical (unpaired) electrons. The number of benzene rings is 1. The highest BCUT2D eigenvalue weighted by Gasteiger charge is 2.33. The predicted molar refractivity (Wildman–Crippen MR) is 97.0 cm³/mol. The van der Waals surface area contributed by atoms with Gasteiger partial charge in [-0.25, -0.2) is 0 Å². The Labute approximate surface area is 153 Å². The maximum absolute atomic E-state index is 12.4. The molecule has 1 amide bonds. The summed E-state index contributed by atoms with van der Waals surface area (Å²) in [6, 6.07) is 7.99. The Hall–Kier alpha value is -1.28. The van der Waals surface area contributed by atoms with Crippen molar-refractivity contribution in [1.82, 2.24) is 10.2 Å². The molecule has 4 nitrogen and oxygen atoms in total. The summed E-state index contributed by atoms with van der Waals surface area (Å²) in [6.45, 7) is 6.74. The van der Waals surface area contributed by atoms with Gasteiger partial charge in [-0.05, 0) is 49.9 Å². The van der Waals surface area contributed by atoms with E-state index in [1.54, 1.807) is 13.0 Å². The average molecular weight is 368 g/mol. The summed E-state index contributed by atoms with van der Waals surface area (Å²) in [5, 5.41) is 13.3. The highest BCUT2D eigenvalue weighted by molar-refractivity contribution is 6.42. The molecule has 1 fully saturated rings. The molecule has 0 aliphatic carbocycles. The second-order valence-electron chi connectivity index (χ2n) is 6.82. The van der Waals surface area contributed by atoms with Crippen molar-refractivity contribution in [3.05, 3.63) is 33.8 Å². The Bertz CT molecular complexity index is 656. The number of nitriles is 1. The number of rotatable bonds is 5. The summed E-state index contributed by atoms with van der Waals surface area (Å²) < 4.78 is 0. The first-order valence-corrected chi connectivity index (χ1v) is 8.93. The Kier molecular flexibility index (Phi) is 6.14.